The lowest BCUT2D eigenvalue weighted by Crippen LogP contribution is -2.27. The number of oxazole rings is 1. The van der Waals surface area contributed by atoms with Gasteiger partial charge in [0, 0.05) is 11.6 Å². The number of carbonyl (C=O) groups excluding carboxylic acids is 1. The number of aryl methyl sites for hydroxylation is 1. The van der Waals surface area contributed by atoms with Crippen LogP contribution in [0.2, 0.25) is 0 Å². The molecule has 198 valence electrons. The Labute approximate surface area is 224 Å². The number of rotatable bonds is 4. The number of carbonyl (C=O) groups is 1. The van der Waals surface area contributed by atoms with Gasteiger partial charge in [-0.05, 0) is 84.4 Å². The molecule has 0 aliphatic heterocycles. The minimum atomic E-state index is -1.69. The van der Waals surface area contributed by atoms with Crippen LogP contribution in [-0.2, 0) is 16.1 Å². The number of nitrogens with zero attached hydrogens (tertiary/aromatic N) is 4. The fourth-order valence-corrected chi connectivity index (χ4v) is 4.49. The van der Waals surface area contributed by atoms with Crippen molar-refractivity contribution >= 4 is 45.2 Å². The van der Waals surface area contributed by atoms with Crippen molar-refractivity contribution in [3.05, 3.63) is 59.1 Å². The van der Waals surface area contributed by atoms with Gasteiger partial charge in [-0.25, -0.2) is 9.78 Å². The number of benzene rings is 2. The van der Waals surface area contributed by atoms with Crippen molar-refractivity contribution in [3.8, 4) is 11.8 Å². The maximum Gasteiger partial charge on any atom is 0.419 e. The lowest BCUT2D eigenvalue weighted by Gasteiger charge is -2.21. The van der Waals surface area contributed by atoms with Gasteiger partial charge in [0.15, 0.2) is 11.3 Å². The van der Waals surface area contributed by atoms with Crippen LogP contribution in [0.25, 0.3) is 22.0 Å². The normalized spacial score (nSPS) is 13.5. The molecule has 0 amide bonds. The van der Waals surface area contributed by atoms with E-state index in [1.165, 1.54) is 11.7 Å². The second-order valence-corrected chi connectivity index (χ2v) is 12.7. The van der Waals surface area contributed by atoms with Crippen LogP contribution in [0.1, 0.15) is 64.1 Å². The number of hydrogen-bond donors (Lipinski definition) is 0. The van der Waals surface area contributed by atoms with Crippen LogP contribution >= 0.6 is 0 Å². The van der Waals surface area contributed by atoms with Gasteiger partial charge in [0.1, 0.15) is 33.0 Å². The fourth-order valence-electron chi connectivity index (χ4n) is 3.88. The largest absolute Gasteiger partial charge is 0.591 e. The highest BCUT2D eigenvalue weighted by atomic mass is 32.2. The van der Waals surface area contributed by atoms with Gasteiger partial charge in [-0.1, -0.05) is 4.40 Å². The second-order valence-electron chi connectivity index (χ2n) is 10.8. The van der Waals surface area contributed by atoms with Crippen molar-refractivity contribution in [3.63, 3.8) is 0 Å². The monoisotopic (exact) mass is 534 g/mol. The molecule has 4 rings (SSSR count). The summed E-state index contributed by atoms with van der Waals surface area (Å²) in [5.74, 6) is 0.558. The smallest absolute Gasteiger partial charge is 0.419 e. The highest BCUT2D eigenvalue weighted by molar-refractivity contribution is 7.91. The molecular formula is C28H30N4O5S. The molecule has 2 heterocycles. The van der Waals surface area contributed by atoms with Crippen LogP contribution in [0.4, 0.5) is 4.79 Å². The van der Waals surface area contributed by atoms with Crippen LogP contribution in [0.5, 0.6) is 5.75 Å². The Bertz CT molecular complexity index is 1610. The predicted octanol–water partition coefficient (Wildman–Crippen LogP) is 6.05. The van der Waals surface area contributed by atoms with Gasteiger partial charge in [0.05, 0.1) is 29.8 Å². The first-order valence-electron chi connectivity index (χ1n) is 12.0. The predicted molar refractivity (Wildman–Crippen MR) is 147 cm³/mol. The Morgan fingerprint density at radius 1 is 1.18 bits per heavy atom. The van der Waals surface area contributed by atoms with Crippen LogP contribution in [0.3, 0.4) is 0 Å². The number of ether oxygens (including phenoxy) is 2. The molecular weight excluding hydrogens is 504 g/mol. The molecule has 1 unspecified atom stereocenters. The molecule has 10 heteroatoms. The summed E-state index contributed by atoms with van der Waals surface area (Å²) < 4.78 is 36.1. The minimum Gasteiger partial charge on any atom is -0.591 e. The van der Waals surface area contributed by atoms with E-state index in [4.69, 9.17) is 13.9 Å². The highest BCUT2D eigenvalue weighted by Gasteiger charge is 2.32. The molecule has 1 atom stereocenters. The van der Waals surface area contributed by atoms with Crippen LogP contribution in [-0.4, -0.2) is 43.4 Å². The van der Waals surface area contributed by atoms with Gasteiger partial charge in [0.2, 0.25) is 0 Å². The van der Waals surface area contributed by atoms with Crippen molar-refractivity contribution in [1.29, 1.82) is 5.26 Å². The summed E-state index contributed by atoms with van der Waals surface area (Å²) in [5, 5.41) is 9.92. The molecule has 2 aromatic carbocycles. The molecule has 0 fully saturated rings. The van der Waals surface area contributed by atoms with E-state index in [0.717, 1.165) is 5.56 Å². The lowest BCUT2D eigenvalue weighted by atomic mass is 10.0. The van der Waals surface area contributed by atoms with E-state index in [1.807, 2.05) is 27.7 Å². The van der Waals surface area contributed by atoms with Gasteiger partial charge in [-0.15, -0.1) is 0 Å². The summed E-state index contributed by atoms with van der Waals surface area (Å²) in [6.45, 7) is 12.7. The standard InChI is InChI=1S/C28H30N4O5S/c1-16-13-21(35-8)22(18-11-12-32(24(16)18)26(33)37-27(2,3)4)23(31-38(34)28(5,6)7)25-30-19-14-17(15-29)9-10-20(19)36-25/h9-14H,1-8H3/b31-23+. The average molecular weight is 535 g/mol. The molecule has 9 nitrogen and oxygen atoms in total. The van der Waals surface area contributed by atoms with Crippen LogP contribution < -0.4 is 4.74 Å². The summed E-state index contributed by atoms with van der Waals surface area (Å²) in [6.07, 6.45) is 1.09. The van der Waals surface area contributed by atoms with Gasteiger partial charge in [0.25, 0.3) is 5.89 Å². The summed E-state index contributed by atoms with van der Waals surface area (Å²) in [7, 11) is 1.53. The van der Waals surface area contributed by atoms with Crippen molar-refractivity contribution < 1.29 is 23.2 Å². The average Bonchev–Trinajstić information content (AvgIpc) is 3.45. The quantitative estimate of drug-likeness (QED) is 0.230. The van der Waals surface area contributed by atoms with Crippen molar-refractivity contribution in [1.82, 2.24) is 9.55 Å². The summed E-state index contributed by atoms with van der Waals surface area (Å²) in [4.78, 5) is 17.6. The maximum atomic E-state index is 13.3. The first-order valence-corrected chi connectivity index (χ1v) is 13.1. The SMILES string of the molecule is COc1cc(C)c2c(ccn2C(=O)OC(C)(C)C)c1/C(=N\[S+]([O-])C(C)(C)C)c1nc2cc(C#N)ccc2o1. The van der Waals surface area contributed by atoms with Gasteiger partial charge < -0.3 is 18.4 Å². The molecule has 0 radical (unpaired) electrons. The van der Waals surface area contributed by atoms with Crippen molar-refractivity contribution in [2.75, 3.05) is 7.11 Å². The van der Waals surface area contributed by atoms with E-state index in [9.17, 15) is 14.6 Å². The van der Waals surface area contributed by atoms with Gasteiger partial charge in [-0.3, -0.25) is 4.57 Å². The number of fused-ring (bicyclic) bond motifs is 2. The number of nitriles is 1. The Kier molecular flexibility index (Phi) is 7.03. The fraction of sp³-hybridized carbons (Fsp3) is 0.357. The molecule has 0 bridgehead atoms. The second kappa shape index (κ2) is 9.82. The summed E-state index contributed by atoms with van der Waals surface area (Å²) in [6, 6.07) is 10.5. The summed E-state index contributed by atoms with van der Waals surface area (Å²) in [5.41, 5.74) is 2.68. The molecule has 0 saturated carbocycles. The molecule has 0 aliphatic rings. The lowest BCUT2D eigenvalue weighted by molar-refractivity contribution is 0.0544. The Morgan fingerprint density at radius 2 is 1.89 bits per heavy atom. The van der Waals surface area contributed by atoms with E-state index >= 15 is 0 Å². The Morgan fingerprint density at radius 3 is 2.50 bits per heavy atom. The molecule has 0 spiro atoms. The molecule has 38 heavy (non-hydrogen) atoms. The third kappa shape index (κ3) is 5.26. The topological polar surface area (TPSA) is 126 Å². The molecule has 0 saturated heterocycles. The number of methoxy groups -OCH3 is 1. The highest BCUT2D eigenvalue weighted by Crippen LogP contribution is 2.36. The molecule has 0 aliphatic carbocycles. The van der Waals surface area contributed by atoms with Crippen LogP contribution in [0.15, 0.2) is 45.3 Å². The molecule has 2 aromatic heterocycles. The summed E-state index contributed by atoms with van der Waals surface area (Å²) >= 11 is -1.69. The van der Waals surface area contributed by atoms with Crippen molar-refractivity contribution in [2.45, 2.75) is 58.8 Å². The van der Waals surface area contributed by atoms with E-state index in [1.54, 1.807) is 57.3 Å². The van der Waals surface area contributed by atoms with E-state index < -0.39 is 27.8 Å². The van der Waals surface area contributed by atoms with Gasteiger partial charge >= 0.3 is 6.09 Å². The third-order valence-electron chi connectivity index (χ3n) is 5.59. The first kappa shape index (κ1) is 27.2. The third-order valence-corrected chi connectivity index (χ3v) is 6.98. The van der Waals surface area contributed by atoms with E-state index in [2.05, 4.69) is 15.5 Å². The van der Waals surface area contributed by atoms with Crippen LogP contribution in [0, 0.1) is 18.3 Å². The number of aromatic nitrogens is 2. The zero-order valence-electron chi connectivity index (χ0n) is 22.7. The van der Waals surface area contributed by atoms with E-state index in [0.29, 0.717) is 38.9 Å². The zero-order valence-corrected chi connectivity index (χ0v) is 23.5. The Balaban J connectivity index is 2.03. The number of hydrogen-bond acceptors (Lipinski definition) is 8. The van der Waals surface area contributed by atoms with Gasteiger partial charge in [-0.2, -0.15) is 5.26 Å². The first-order chi connectivity index (χ1) is 17.7. The minimum absolute atomic E-state index is 0.112. The van der Waals surface area contributed by atoms with Crippen molar-refractivity contribution in [2.24, 2.45) is 4.40 Å². The van der Waals surface area contributed by atoms with E-state index in [-0.39, 0.29) is 11.6 Å². The molecule has 4 aromatic rings. The Hall–Kier alpha value is -3.81. The maximum absolute atomic E-state index is 13.3. The zero-order chi connectivity index (χ0) is 28.0. The molecule has 0 N–H and O–H groups in total.